The van der Waals surface area contributed by atoms with Crippen LogP contribution in [0, 0.1) is 0 Å². The second kappa shape index (κ2) is 4.55. The second-order valence-electron chi connectivity index (χ2n) is 1.45. The Morgan fingerprint density at radius 2 is 1.67 bits per heavy atom. The number of rotatable bonds is 3. The fourth-order valence-electron chi connectivity index (χ4n) is 0.243. The lowest BCUT2D eigenvalue weighted by atomic mass is 10.3. The molecule has 0 fully saturated rings. The highest BCUT2D eigenvalue weighted by atomic mass is 79.9. The molecule has 56 valence electrons. The van der Waals surface area contributed by atoms with Crippen LogP contribution in [-0.4, -0.2) is 22.8 Å². The highest BCUT2D eigenvalue weighted by molar-refractivity contribution is 9.12. The Morgan fingerprint density at radius 1 is 1.22 bits per heavy atom. The lowest BCUT2D eigenvalue weighted by Gasteiger charge is -2.10. The average molecular weight is 270 g/mol. The van der Waals surface area contributed by atoms with E-state index in [2.05, 4.69) is 31.9 Å². The fourth-order valence-corrected chi connectivity index (χ4v) is 0.615. The van der Waals surface area contributed by atoms with Crippen molar-refractivity contribution in [3.05, 3.63) is 0 Å². The third-order valence-corrected chi connectivity index (χ3v) is 3.30. The van der Waals surface area contributed by atoms with Gasteiger partial charge in [0.05, 0.1) is 9.65 Å². The van der Waals surface area contributed by atoms with E-state index in [0.717, 1.165) is 0 Å². The largest absolute Gasteiger partial charge is 0.252 e. The molecule has 0 aromatic carbocycles. The monoisotopic (exact) mass is 268 g/mol. The van der Waals surface area contributed by atoms with E-state index in [-0.39, 0.29) is 0 Å². The number of alkyl halides is 5. The Hall–Kier alpha value is 0.750. The molecule has 0 spiro atoms. The van der Waals surface area contributed by atoms with Gasteiger partial charge < -0.3 is 0 Å². The minimum Gasteiger partial charge on any atom is -0.250 e. The van der Waals surface area contributed by atoms with Gasteiger partial charge in [-0.3, -0.25) is 0 Å². The van der Waals surface area contributed by atoms with Gasteiger partial charge in [0.2, 0.25) is 0 Å². The number of halogens is 5. The van der Waals surface area contributed by atoms with Gasteiger partial charge in [-0.1, -0.05) is 31.9 Å². The van der Waals surface area contributed by atoms with Crippen LogP contribution in [0.3, 0.4) is 0 Å². The normalized spacial score (nSPS) is 18.0. The summed E-state index contributed by atoms with van der Waals surface area (Å²) in [7, 11) is 0. The van der Waals surface area contributed by atoms with E-state index >= 15 is 0 Å². The molecule has 0 aliphatic carbocycles. The van der Waals surface area contributed by atoms with Crippen LogP contribution in [0.2, 0.25) is 0 Å². The second-order valence-corrected chi connectivity index (χ2v) is 3.68. The predicted molar refractivity (Wildman–Crippen MR) is 37.4 cm³/mol. The van der Waals surface area contributed by atoms with E-state index in [4.69, 9.17) is 0 Å². The molecule has 0 radical (unpaired) electrons. The molecule has 0 aromatic heterocycles. The van der Waals surface area contributed by atoms with Crippen LogP contribution in [0.15, 0.2) is 0 Å². The summed E-state index contributed by atoms with van der Waals surface area (Å²) < 4.78 is 34.8. The lowest BCUT2D eigenvalue weighted by molar-refractivity contribution is 0.143. The van der Waals surface area contributed by atoms with Crippen molar-refractivity contribution in [1.82, 2.24) is 0 Å². The Kier molecular flexibility index (Phi) is 4.93. The van der Waals surface area contributed by atoms with Gasteiger partial charge >= 0.3 is 0 Å². The highest BCUT2D eigenvalue weighted by Crippen LogP contribution is 2.21. The molecule has 0 aromatic rings. The topological polar surface area (TPSA) is 0 Å². The summed E-state index contributed by atoms with van der Waals surface area (Å²) >= 11 is 5.37. The number of hydrogen-bond acceptors (Lipinski definition) is 0. The first-order valence-electron chi connectivity index (χ1n) is 2.22. The molecule has 0 bridgehead atoms. The van der Waals surface area contributed by atoms with Crippen molar-refractivity contribution in [2.45, 2.75) is 16.1 Å². The van der Waals surface area contributed by atoms with Crippen molar-refractivity contribution >= 4 is 31.9 Å². The molecule has 0 saturated heterocycles. The zero-order chi connectivity index (χ0) is 7.44. The highest BCUT2D eigenvalue weighted by Gasteiger charge is 2.24. The molecule has 9 heavy (non-hydrogen) atoms. The van der Waals surface area contributed by atoms with Crippen molar-refractivity contribution in [2.75, 3.05) is 6.67 Å². The molecule has 5 heteroatoms. The van der Waals surface area contributed by atoms with E-state index in [1.807, 2.05) is 0 Å². The molecule has 2 atom stereocenters. The first-order chi connectivity index (χ1) is 4.09. The van der Waals surface area contributed by atoms with Gasteiger partial charge in [0.25, 0.3) is 6.43 Å². The van der Waals surface area contributed by atoms with Gasteiger partial charge in [0.15, 0.2) is 0 Å². The van der Waals surface area contributed by atoms with Crippen LogP contribution in [0.1, 0.15) is 0 Å². The standard InChI is InChI=1S/C4H5Br2F3/c5-2(1-7)3(6)4(8)9/h2-4H,1H2. The van der Waals surface area contributed by atoms with Gasteiger partial charge in [0.1, 0.15) is 6.67 Å². The third kappa shape index (κ3) is 3.45. The quantitative estimate of drug-likeness (QED) is 0.692. The van der Waals surface area contributed by atoms with Crippen molar-refractivity contribution in [3.8, 4) is 0 Å². The molecule has 0 N–H and O–H groups in total. The van der Waals surface area contributed by atoms with Crippen molar-refractivity contribution in [2.24, 2.45) is 0 Å². The van der Waals surface area contributed by atoms with Crippen LogP contribution >= 0.6 is 31.9 Å². The van der Waals surface area contributed by atoms with E-state index in [1.165, 1.54) is 0 Å². The Bertz CT molecular complexity index is 78.2. The van der Waals surface area contributed by atoms with Crippen molar-refractivity contribution in [3.63, 3.8) is 0 Å². The molecule has 0 amide bonds. The lowest BCUT2D eigenvalue weighted by Crippen LogP contribution is -2.23. The van der Waals surface area contributed by atoms with Gasteiger partial charge in [-0.25, -0.2) is 13.2 Å². The summed E-state index contributed by atoms with van der Waals surface area (Å²) in [5, 5.41) is 0. The maximum Gasteiger partial charge on any atom is 0.252 e. The summed E-state index contributed by atoms with van der Waals surface area (Å²) in [6.45, 7) is -0.791. The van der Waals surface area contributed by atoms with E-state index in [1.54, 1.807) is 0 Å². The molecule has 0 aliphatic rings. The molecular weight excluding hydrogens is 265 g/mol. The van der Waals surface area contributed by atoms with Crippen LogP contribution in [0.5, 0.6) is 0 Å². The Balaban J connectivity index is 3.58. The smallest absolute Gasteiger partial charge is 0.250 e. The predicted octanol–water partition coefficient (Wildman–Crippen LogP) is 2.75. The summed E-state index contributed by atoms with van der Waals surface area (Å²) in [6.07, 6.45) is -2.52. The molecule has 0 aliphatic heterocycles. The Morgan fingerprint density at radius 3 is 1.78 bits per heavy atom. The maximum atomic E-state index is 11.6. The van der Waals surface area contributed by atoms with Gasteiger partial charge in [-0.2, -0.15) is 0 Å². The maximum absolute atomic E-state index is 11.6. The average Bonchev–Trinajstić information content (AvgIpc) is 1.84. The van der Waals surface area contributed by atoms with Crippen molar-refractivity contribution in [1.29, 1.82) is 0 Å². The Labute approximate surface area is 68.1 Å². The van der Waals surface area contributed by atoms with E-state index in [9.17, 15) is 13.2 Å². The molecule has 0 nitrogen and oxygen atoms in total. The van der Waals surface area contributed by atoms with Crippen molar-refractivity contribution < 1.29 is 13.2 Å². The van der Waals surface area contributed by atoms with Gasteiger partial charge in [0, 0.05) is 0 Å². The van der Waals surface area contributed by atoms with E-state index < -0.39 is 22.8 Å². The van der Waals surface area contributed by atoms with Crippen LogP contribution in [0.25, 0.3) is 0 Å². The minimum absolute atomic E-state index is 0.791. The first-order valence-corrected chi connectivity index (χ1v) is 4.05. The summed E-state index contributed by atoms with van der Waals surface area (Å²) in [5.41, 5.74) is 0. The van der Waals surface area contributed by atoms with Crippen LogP contribution in [0.4, 0.5) is 13.2 Å². The zero-order valence-corrected chi connectivity index (χ0v) is 7.50. The molecule has 0 heterocycles. The van der Waals surface area contributed by atoms with Crippen LogP contribution < -0.4 is 0 Å². The molecule has 0 rings (SSSR count). The summed E-state index contributed by atoms with van der Waals surface area (Å²) in [5.74, 6) is 0. The SMILES string of the molecule is FCC(Br)C(Br)C(F)F. The van der Waals surface area contributed by atoms with E-state index in [0.29, 0.717) is 0 Å². The first kappa shape index (κ1) is 9.75. The molecular formula is C4H5Br2F3. The van der Waals surface area contributed by atoms with Gasteiger partial charge in [-0.05, 0) is 0 Å². The number of hydrogen-bond donors (Lipinski definition) is 0. The summed E-state index contributed by atoms with van der Waals surface area (Å²) in [6, 6.07) is 0. The molecule has 0 saturated carbocycles. The summed E-state index contributed by atoms with van der Waals surface area (Å²) in [4.78, 5) is -1.89. The molecule has 2 unspecified atom stereocenters. The third-order valence-electron chi connectivity index (χ3n) is 0.734. The van der Waals surface area contributed by atoms with Gasteiger partial charge in [-0.15, -0.1) is 0 Å². The fraction of sp³-hybridized carbons (Fsp3) is 1.00. The van der Waals surface area contributed by atoms with Crippen LogP contribution in [-0.2, 0) is 0 Å². The zero-order valence-electron chi connectivity index (χ0n) is 4.33. The minimum atomic E-state index is -2.52.